The fraction of sp³-hybridized carbons (Fsp3) is 0.231. The summed E-state index contributed by atoms with van der Waals surface area (Å²) in [5.41, 5.74) is -1.25. The van der Waals surface area contributed by atoms with E-state index in [-0.39, 0.29) is 22.0 Å². The van der Waals surface area contributed by atoms with Crippen LogP contribution in [0.4, 0.5) is 8.78 Å². The molecule has 0 bridgehead atoms. The molecule has 0 radical (unpaired) electrons. The highest BCUT2D eigenvalue weighted by atomic mass is 35.5. The Balaban J connectivity index is 2.10. The lowest BCUT2D eigenvalue weighted by Gasteiger charge is -2.04. The second-order valence-corrected chi connectivity index (χ2v) is 5.23. The van der Waals surface area contributed by atoms with Crippen molar-refractivity contribution in [3.05, 3.63) is 56.5 Å². The zero-order valence-electron chi connectivity index (χ0n) is 10.9. The number of rotatable bonds is 3. The van der Waals surface area contributed by atoms with Crippen molar-refractivity contribution in [1.29, 1.82) is 0 Å². The number of hydrogen-bond donors (Lipinski definition) is 2. The van der Waals surface area contributed by atoms with Gasteiger partial charge in [0.25, 0.3) is 11.5 Å². The summed E-state index contributed by atoms with van der Waals surface area (Å²) >= 11 is 5.85. The van der Waals surface area contributed by atoms with Gasteiger partial charge in [-0.1, -0.05) is 17.7 Å². The number of hydrogen-bond acceptors (Lipinski definition) is 4. The first-order valence-electron chi connectivity index (χ1n) is 6.22. The summed E-state index contributed by atoms with van der Waals surface area (Å²) in [5, 5.41) is 7.18. The van der Waals surface area contributed by atoms with Crippen LogP contribution >= 0.6 is 11.6 Å². The molecule has 1 fully saturated rings. The maximum Gasteiger partial charge on any atom is 0.325 e. The molecular weight excluding hydrogens is 318 g/mol. The molecule has 0 saturated heterocycles. The Hall–Kier alpha value is -2.35. The Morgan fingerprint density at radius 3 is 2.68 bits per heavy atom. The number of H-pyrrole nitrogens is 2. The van der Waals surface area contributed by atoms with Gasteiger partial charge in [0.05, 0.1) is 17.4 Å². The maximum absolute atomic E-state index is 13.7. The predicted octanol–water partition coefficient (Wildman–Crippen LogP) is 1.71. The Kier molecular flexibility index (Phi) is 3.21. The van der Waals surface area contributed by atoms with Gasteiger partial charge in [0.1, 0.15) is 5.69 Å². The van der Waals surface area contributed by atoms with Gasteiger partial charge in [0.2, 0.25) is 0 Å². The van der Waals surface area contributed by atoms with E-state index in [0.29, 0.717) is 0 Å². The van der Waals surface area contributed by atoms with Crippen LogP contribution in [0.15, 0.2) is 34.5 Å². The zero-order valence-corrected chi connectivity index (χ0v) is 11.7. The van der Waals surface area contributed by atoms with Crippen molar-refractivity contribution in [2.45, 2.75) is 11.8 Å². The van der Waals surface area contributed by atoms with Crippen LogP contribution < -0.4 is 11.2 Å². The van der Waals surface area contributed by atoms with Crippen LogP contribution in [0.1, 0.15) is 11.5 Å². The standard InChI is InChI=1S/C13H9ClF2N4O2/c1-2-7-9(13(7,15)16)5-3-8(19-20-10(5)14)6-4-17-12(22)18-11(6)21/h2-4,7,9H,1H2,(H2,17,18,21,22)/t7-,9-/m1/s1. The van der Waals surface area contributed by atoms with Crippen molar-refractivity contribution in [2.24, 2.45) is 5.92 Å². The molecule has 0 aromatic carbocycles. The molecule has 6 nitrogen and oxygen atoms in total. The molecule has 0 spiro atoms. The van der Waals surface area contributed by atoms with E-state index < -0.39 is 29.0 Å². The second-order valence-electron chi connectivity index (χ2n) is 4.88. The first-order chi connectivity index (χ1) is 10.4. The molecule has 22 heavy (non-hydrogen) atoms. The van der Waals surface area contributed by atoms with Gasteiger partial charge < -0.3 is 4.98 Å². The number of nitrogens with zero attached hydrogens (tertiary/aromatic N) is 2. The van der Waals surface area contributed by atoms with Crippen LogP contribution in [-0.2, 0) is 0 Å². The SMILES string of the molecule is C=C[C@@H]1[C@@H](c2cc(-c3c[nH]c(=O)[nH]c3=O)nnc2Cl)C1(F)F. The summed E-state index contributed by atoms with van der Waals surface area (Å²) in [6.07, 6.45) is 2.30. The number of nitrogens with one attached hydrogen (secondary N) is 2. The van der Waals surface area contributed by atoms with Crippen LogP contribution in [0.5, 0.6) is 0 Å². The van der Waals surface area contributed by atoms with Crippen molar-refractivity contribution in [1.82, 2.24) is 20.2 Å². The molecule has 0 unspecified atom stereocenters. The number of halogens is 3. The van der Waals surface area contributed by atoms with Crippen molar-refractivity contribution < 1.29 is 8.78 Å². The fourth-order valence-corrected chi connectivity index (χ4v) is 2.60. The first kappa shape index (κ1) is 14.6. The fourth-order valence-electron chi connectivity index (χ4n) is 2.39. The highest BCUT2D eigenvalue weighted by Crippen LogP contribution is 2.63. The second kappa shape index (κ2) is 4.84. The van der Waals surface area contributed by atoms with Gasteiger partial charge in [-0.2, -0.15) is 0 Å². The Bertz CT molecular complexity index is 877. The Morgan fingerprint density at radius 2 is 2.09 bits per heavy atom. The van der Waals surface area contributed by atoms with E-state index in [1.54, 1.807) is 0 Å². The van der Waals surface area contributed by atoms with E-state index in [1.807, 2.05) is 4.98 Å². The van der Waals surface area contributed by atoms with Crippen molar-refractivity contribution in [3.63, 3.8) is 0 Å². The average Bonchev–Trinajstić information content (AvgIpc) is 3.01. The van der Waals surface area contributed by atoms with E-state index in [4.69, 9.17) is 11.6 Å². The van der Waals surface area contributed by atoms with E-state index in [1.165, 1.54) is 6.07 Å². The normalized spacial score (nSPS) is 22.3. The summed E-state index contributed by atoms with van der Waals surface area (Å²) in [5.74, 6) is -5.13. The number of allylic oxidation sites excluding steroid dienone is 1. The molecule has 2 N–H and O–H groups in total. The van der Waals surface area contributed by atoms with Crippen LogP contribution in [-0.4, -0.2) is 26.1 Å². The number of aromatic nitrogens is 4. The minimum atomic E-state index is -2.96. The first-order valence-corrected chi connectivity index (χ1v) is 6.60. The Morgan fingerprint density at radius 1 is 1.36 bits per heavy atom. The van der Waals surface area contributed by atoms with Crippen molar-refractivity contribution >= 4 is 11.6 Å². The topological polar surface area (TPSA) is 91.5 Å². The van der Waals surface area contributed by atoms with Crippen LogP contribution in [0.3, 0.4) is 0 Å². The molecule has 2 heterocycles. The highest BCUT2D eigenvalue weighted by molar-refractivity contribution is 6.30. The molecule has 114 valence electrons. The van der Waals surface area contributed by atoms with E-state index in [9.17, 15) is 18.4 Å². The van der Waals surface area contributed by atoms with E-state index >= 15 is 0 Å². The third-order valence-corrected chi connectivity index (χ3v) is 3.86. The lowest BCUT2D eigenvalue weighted by atomic mass is 10.1. The summed E-state index contributed by atoms with van der Waals surface area (Å²) in [4.78, 5) is 27.0. The monoisotopic (exact) mass is 326 g/mol. The van der Waals surface area contributed by atoms with Crippen LogP contribution in [0.25, 0.3) is 11.3 Å². The van der Waals surface area contributed by atoms with Gasteiger partial charge in [-0.05, 0) is 6.07 Å². The van der Waals surface area contributed by atoms with Crippen LogP contribution in [0, 0.1) is 5.92 Å². The lowest BCUT2D eigenvalue weighted by molar-refractivity contribution is 0.101. The number of alkyl halides is 2. The largest absolute Gasteiger partial charge is 0.325 e. The van der Waals surface area contributed by atoms with Gasteiger partial charge in [-0.15, -0.1) is 16.8 Å². The minimum Gasteiger partial charge on any atom is -0.313 e. The zero-order chi connectivity index (χ0) is 16.1. The van der Waals surface area contributed by atoms with Crippen molar-refractivity contribution in [2.75, 3.05) is 0 Å². The summed E-state index contributed by atoms with van der Waals surface area (Å²) in [6.45, 7) is 3.37. The predicted molar refractivity (Wildman–Crippen MR) is 75.1 cm³/mol. The van der Waals surface area contributed by atoms with E-state index in [2.05, 4.69) is 21.8 Å². The molecule has 3 rings (SSSR count). The van der Waals surface area contributed by atoms with Crippen LogP contribution in [0.2, 0.25) is 5.15 Å². The van der Waals surface area contributed by atoms with E-state index in [0.717, 1.165) is 12.3 Å². The molecule has 0 aliphatic heterocycles. The molecule has 1 aliphatic rings. The molecule has 2 aromatic heterocycles. The lowest BCUT2D eigenvalue weighted by Crippen LogP contribution is -2.23. The molecule has 1 saturated carbocycles. The van der Waals surface area contributed by atoms with Gasteiger partial charge in [0.15, 0.2) is 5.15 Å². The molecule has 2 atom stereocenters. The summed E-state index contributed by atoms with van der Waals surface area (Å²) in [6, 6.07) is 1.28. The Labute approximate surface area is 126 Å². The molecular formula is C13H9ClF2N4O2. The third kappa shape index (κ3) is 2.16. The molecule has 1 aliphatic carbocycles. The minimum absolute atomic E-state index is 0.00383. The van der Waals surface area contributed by atoms with Gasteiger partial charge in [-0.25, -0.2) is 13.6 Å². The summed E-state index contributed by atoms with van der Waals surface area (Å²) in [7, 11) is 0. The maximum atomic E-state index is 13.7. The quantitative estimate of drug-likeness (QED) is 0.840. The van der Waals surface area contributed by atoms with Gasteiger partial charge in [0, 0.05) is 11.8 Å². The highest BCUT2D eigenvalue weighted by Gasteiger charge is 2.67. The molecule has 2 aromatic rings. The molecule has 0 amide bonds. The van der Waals surface area contributed by atoms with Gasteiger partial charge in [-0.3, -0.25) is 9.78 Å². The van der Waals surface area contributed by atoms with Crippen molar-refractivity contribution in [3.8, 4) is 11.3 Å². The third-order valence-electron chi connectivity index (χ3n) is 3.57. The average molecular weight is 327 g/mol. The summed E-state index contributed by atoms with van der Waals surface area (Å²) < 4.78 is 27.4. The smallest absolute Gasteiger partial charge is 0.313 e. The van der Waals surface area contributed by atoms with Gasteiger partial charge >= 0.3 is 5.69 Å². The molecule has 9 heteroatoms. The number of aromatic amines is 2.